The van der Waals surface area contributed by atoms with Crippen molar-refractivity contribution in [2.75, 3.05) is 19.8 Å². The molecule has 0 aromatic heterocycles. The van der Waals surface area contributed by atoms with Gasteiger partial charge in [-0.3, -0.25) is 4.79 Å². The third-order valence-electron chi connectivity index (χ3n) is 2.08. The van der Waals surface area contributed by atoms with Gasteiger partial charge in [0.15, 0.2) is 6.29 Å². The molecule has 0 heterocycles. The van der Waals surface area contributed by atoms with Crippen molar-refractivity contribution in [3.8, 4) is 0 Å². The first-order chi connectivity index (χ1) is 9.64. The summed E-state index contributed by atoms with van der Waals surface area (Å²) in [7, 11) is 0. The van der Waals surface area contributed by atoms with E-state index >= 15 is 0 Å². The molecule has 0 saturated carbocycles. The number of nitrogens with one attached hydrogen (secondary N) is 1. The van der Waals surface area contributed by atoms with Crippen molar-refractivity contribution in [1.82, 2.24) is 5.32 Å². The van der Waals surface area contributed by atoms with Crippen molar-refractivity contribution in [3.63, 3.8) is 0 Å². The van der Waals surface area contributed by atoms with E-state index in [1.54, 1.807) is 6.92 Å². The number of carboxylic acids is 1. The van der Waals surface area contributed by atoms with E-state index in [0.29, 0.717) is 0 Å². The molecule has 0 aromatic carbocycles. The van der Waals surface area contributed by atoms with Crippen LogP contribution in [-0.2, 0) is 19.0 Å². The maximum absolute atomic E-state index is 11.4. The molecule has 8 nitrogen and oxygen atoms in total. The Morgan fingerprint density at radius 2 is 1.90 bits per heavy atom. The molecular weight excluding hydrogens is 282 g/mol. The van der Waals surface area contributed by atoms with E-state index in [2.05, 4.69) is 5.32 Å². The van der Waals surface area contributed by atoms with Gasteiger partial charge in [0.2, 0.25) is 0 Å². The van der Waals surface area contributed by atoms with Crippen molar-refractivity contribution in [2.24, 2.45) is 0 Å². The van der Waals surface area contributed by atoms with Crippen molar-refractivity contribution < 1.29 is 34.0 Å². The van der Waals surface area contributed by atoms with Crippen molar-refractivity contribution in [2.45, 2.75) is 52.1 Å². The number of carboxylic acid groups (broad SMARTS) is 1. The largest absolute Gasteiger partial charge is 0.481 e. The van der Waals surface area contributed by atoms with Crippen molar-refractivity contribution >= 4 is 12.1 Å². The van der Waals surface area contributed by atoms with Gasteiger partial charge in [-0.05, 0) is 27.7 Å². The molecule has 8 heteroatoms. The zero-order valence-corrected chi connectivity index (χ0v) is 12.9. The van der Waals surface area contributed by atoms with Gasteiger partial charge in [-0.2, -0.15) is 0 Å². The Morgan fingerprint density at radius 3 is 2.38 bits per heavy atom. The Bertz CT molecular complexity index is 327. The molecule has 2 unspecified atom stereocenters. The number of hydrogen-bond acceptors (Lipinski definition) is 6. The minimum atomic E-state index is -1.01. The van der Waals surface area contributed by atoms with Crippen LogP contribution in [0.1, 0.15) is 34.1 Å². The molecule has 0 bridgehead atoms. The first kappa shape index (κ1) is 19.6. The standard InChI is InChI=1S/C13H25NO7/c1-9(7-15)20-11(21-13(2,3)4)8-19-12(18)14-6-5-10(16)17/h9,11,15H,5-8H2,1-4H3,(H,14,18)(H,16,17). The highest BCUT2D eigenvalue weighted by atomic mass is 16.7. The zero-order valence-electron chi connectivity index (χ0n) is 12.9. The number of alkyl carbamates (subject to hydrolysis) is 1. The highest BCUT2D eigenvalue weighted by Gasteiger charge is 2.22. The molecule has 0 aliphatic rings. The van der Waals surface area contributed by atoms with E-state index in [1.165, 1.54) is 0 Å². The third-order valence-corrected chi connectivity index (χ3v) is 2.08. The molecular formula is C13H25NO7. The van der Waals surface area contributed by atoms with Crippen molar-refractivity contribution in [1.29, 1.82) is 0 Å². The van der Waals surface area contributed by atoms with E-state index in [9.17, 15) is 9.59 Å². The molecule has 0 saturated heterocycles. The summed E-state index contributed by atoms with van der Waals surface area (Å²) >= 11 is 0. The number of carbonyl (C=O) groups excluding carboxylic acids is 1. The van der Waals surface area contributed by atoms with Gasteiger partial charge in [-0.15, -0.1) is 0 Å². The second-order valence-electron chi connectivity index (χ2n) is 5.46. The Balaban J connectivity index is 4.21. The molecule has 0 aliphatic heterocycles. The van der Waals surface area contributed by atoms with E-state index in [4.69, 9.17) is 24.4 Å². The van der Waals surface area contributed by atoms with Gasteiger partial charge < -0.3 is 29.7 Å². The minimum absolute atomic E-state index is 0.0210. The summed E-state index contributed by atoms with van der Waals surface area (Å²) in [6, 6.07) is 0. The maximum Gasteiger partial charge on any atom is 0.407 e. The SMILES string of the molecule is CC(CO)OC(COC(=O)NCCC(=O)O)OC(C)(C)C. The lowest BCUT2D eigenvalue weighted by molar-refractivity contribution is -0.230. The number of amides is 1. The van der Waals surface area contributed by atoms with E-state index in [1.807, 2.05) is 20.8 Å². The Kier molecular flexibility index (Phi) is 8.91. The second kappa shape index (κ2) is 9.54. The topological polar surface area (TPSA) is 114 Å². The molecule has 0 fully saturated rings. The molecule has 0 radical (unpaired) electrons. The first-order valence-corrected chi connectivity index (χ1v) is 6.70. The van der Waals surface area contributed by atoms with Crippen LogP contribution < -0.4 is 5.32 Å². The van der Waals surface area contributed by atoms with Gasteiger partial charge in [-0.25, -0.2) is 4.79 Å². The summed E-state index contributed by atoms with van der Waals surface area (Å²) < 4.78 is 15.9. The van der Waals surface area contributed by atoms with Crippen molar-refractivity contribution in [3.05, 3.63) is 0 Å². The van der Waals surface area contributed by atoms with Gasteiger partial charge in [0, 0.05) is 6.54 Å². The highest BCUT2D eigenvalue weighted by Crippen LogP contribution is 2.13. The van der Waals surface area contributed by atoms with Crippen LogP contribution in [0.2, 0.25) is 0 Å². The molecule has 0 aliphatic carbocycles. The molecule has 0 aromatic rings. The quantitative estimate of drug-likeness (QED) is 0.538. The van der Waals surface area contributed by atoms with Crippen LogP contribution in [0.5, 0.6) is 0 Å². The normalized spacial score (nSPS) is 14.3. The summed E-state index contributed by atoms with van der Waals surface area (Å²) in [4.78, 5) is 21.7. The highest BCUT2D eigenvalue weighted by molar-refractivity contribution is 5.70. The van der Waals surface area contributed by atoms with Crippen LogP contribution in [0, 0.1) is 0 Å². The molecule has 21 heavy (non-hydrogen) atoms. The van der Waals surface area contributed by atoms with Gasteiger partial charge in [0.25, 0.3) is 0 Å². The van der Waals surface area contributed by atoms with E-state index < -0.39 is 30.1 Å². The zero-order chi connectivity index (χ0) is 16.5. The molecule has 1 amide bonds. The van der Waals surface area contributed by atoms with E-state index in [0.717, 1.165) is 0 Å². The number of carbonyl (C=O) groups is 2. The average molecular weight is 307 g/mol. The van der Waals surface area contributed by atoms with Gasteiger partial charge in [-0.1, -0.05) is 0 Å². The van der Waals surface area contributed by atoms with Crippen LogP contribution in [0.3, 0.4) is 0 Å². The van der Waals surface area contributed by atoms with Crippen LogP contribution in [0.4, 0.5) is 4.79 Å². The minimum Gasteiger partial charge on any atom is -0.481 e. The molecule has 2 atom stereocenters. The monoisotopic (exact) mass is 307 g/mol. The predicted octanol–water partition coefficient (Wildman–Crippen LogP) is 0.726. The fourth-order valence-corrected chi connectivity index (χ4v) is 1.26. The smallest absolute Gasteiger partial charge is 0.407 e. The van der Waals surface area contributed by atoms with Crippen LogP contribution in [-0.4, -0.2) is 60.0 Å². The number of aliphatic hydroxyl groups excluding tert-OH is 1. The number of hydrogen-bond donors (Lipinski definition) is 3. The first-order valence-electron chi connectivity index (χ1n) is 6.70. The fourth-order valence-electron chi connectivity index (χ4n) is 1.26. The van der Waals surface area contributed by atoms with Gasteiger partial charge in [0.1, 0.15) is 6.61 Å². The third kappa shape index (κ3) is 12.1. The summed E-state index contributed by atoms with van der Waals surface area (Å²) in [6.45, 7) is 6.74. The van der Waals surface area contributed by atoms with E-state index in [-0.39, 0.29) is 26.2 Å². The Hall–Kier alpha value is -1.38. The number of ether oxygens (including phenoxy) is 3. The summed E-state index contributed by atoms with van der Waals surface area (Å²) in [5.41, 5.74) is -0.511. The summed E-state index contributed by atoms with van der Waals surface area (Å²) in [6.07, 6.45) is -2.22. The average Bonchev–Trinajstić information content (AvgIpc) is 2.33. The molecule has 124 valence electrons. The lowest BCUT2D eigenvalue weighted by atomic mass is 10.2. The Labute approximate surface area is 124 Å². The number of rotatable bonds is 9. The van der Waals surface area contributed by atoms with Crippen LogP contribution >= 0.6 is 0 Å². The summed E-state index contributed by atoms with van der Waals surface area (Å²) in [5.74, 6) is -1.01. The molecule has 3 N–H and O–H groups in total. The number of aliphatic hydroxyl groups is 1. The molecule has 0 rings (SSSR count). The Morgan fingerprint density at radius 1 is 1.29 bits per heavy atom. The second-order valence-corrected chi connectivity index (χ2v) is 5.46. The van der Waals surface area contributed by atoms with Gasteiger partial charge in [0.05, 0.1) is 24.7 Å². The van der Waals surface area contributed by atoms with Crippen LogP contribution in [0.15, 0.2) is 0 Å². The number of aliphatic carboxylic acids is 1. The summed E-state index contributed by atoms with van der Waals surface area (Å²) in [5, 5.41) is 19.7. The predicted molar refractivity (Wildman–Crippen MR) is 73.9 cm³/mol. The molecule has 0 spiro atoms. The lowest BCUT2D eigenvalue weighted by Gasteiger charge is -2.28. The maximum atomic E-state index is 11.4. The van der Waals surface area contributed by atoms with Gasteiger partial charge >= 0.3 is 12.1 Å². The lowest BCUT2D eigenvalue weighted by Crippen LogP contribution is -2.38. The van der Waals surface area contributed by atoms with Crippen LogP contribution in [0.25, 0.3) is 0 Å². The fraction of sp³-hybridized carbons (Fsp3) is 0.846.